The van der Waals surface area contributed by atoms with Crippen LogP contribution in [0, 0.1) is 6.92 Å². The van der Waals surface area contributed by atoms with Crippen molar-refractivity contribution in [2.45, 2.75) is 39.7 Å². The minimum atomic E-state index is -0.450. The van der Waals surface area contributed by atoms with E-state index in [1.807, 2.05) is 39.8 Å². The van der Waals surface area contributed by atoms with Crippen molar-refractivity contribution in [3.63, 3.8) is 0 Å². The second-order valence-electron chi connectivity index (χ2n) is 6.37. The van der Waals surface area contributed by atoms with Gasteiger partial charge in [0, 0.05) is 18.1 Å². The third-order valence-electron chi connectivity index (χ3n) is 3.39. The zero-order valence-electron chi connectivity index (χ0n) is 13.1. The fourth-order valence-electron chi connectivity index (χ4n) is 2.27. The number of aryl methyl sites for hydroxylation is 1. The summed E-state index contributed by atoms with van der Waals surface area (Å²) in [6, 6.07) is 6.05. The first-order valence-corrected chi connectivity index (χ1v) is 7.57. The molecule has 3 nitrogen and oxygen atoms in total. The summed E-state index contributed by atoms with van der Waals surface area (Å²) in [7, 11) is 0. The van der Waals surface area contributed by atoms with Gasteiger partial charge in [0.2, 0.25) is 0 Å². The van der Waals surface area contributed by atoms with Crippen LogP contribution in [0.15, 0.2) is 24.3 Å². The number of carbonyl (C=O) groups is 1. The summed E-state index contributed by atoms with van der Waals surface area (Å²) < 4.78 is 5.39. The average Bonchev–Trinajstić information content (AvgIpc) is 2.40. The lowest BCUT2D eigenvalue weighted by Crippen LogP contribution is -2.39. The molecule has 0 spiro atoms. The van der Waals surface area contributed by atoms with E-state index < -0.39 is 5.60 Å². The van der Waals surface area contributed by atoms with Crippen LogP contribution >= 0.6 is 11.6 Å². The number of nitrogens with zero attached hydrogens (tertiary/aromatic N) is 1. The molecule has 0 bridgehead atoms. The van der Waals surface area contributed by atoms with E-state index in [2.05, 4.69) is 12.1 Å². The van der Waals surface area contributed by atoms with Crippen LogP contribution in [-0.2, 0) is 4.74 Å². The van der Waals surface area contributed by atoms with Crippen molar-refractivity contribution in [2.24, 2.45) is 0 Å². The molecule has 1 aromatic rings. The predicted octanol–water partition coefficient (Wildman–Crippen LogP) is 4.67. The molecule has 1 aliphatic heterocycles. The number of halogens is 1. The molecule has 0 saturated carbocycles. The SMILES string of the molecule is Cc1cc(C2=CCN(C(=O)OC(C)(C)C)CC2)ccc1Cl. The molecule has 21 heavy (non-hydrogen) atoms. The Balaban J connectivity index is 2.05. The Bertz CT molecular complexity index is 573. The van der Waals surface area contributed by atoms with Crippen molar-refractivity contribution >= 4 is 23.3 Å². The maximum Gasteiger partial charge on any atom is 0.410 e. The van der Waals surface area contributed by atoms with Gasteiger partial charge in [0.25, 0.3) is 0 Å². The van der Waals surface area contributed by atoms with E-state index >= 15 is 0 Å². The van der Waals surface area contributed by atoms with E-state index in [1.165, 1.54) is 11.1 Å². The number of rotatable bonds is 1. The summed E-state index contributed by atoms with van der Waals surface area (Å²) in [6.45, 7) is 8.92. The minimum absolute atomic E-state index is 0.245. The van der Waals surface area contributed by atoms with Crippen LogP contribution in [0.3, 0.4) is 0 Å². The first-order chi connectivity index (χ1) is 9.76. The largest absolute Gasteiger partial charge is 0.444 e. The third kappa shape index (κ3) is 4.24. The van der Waals surface area contributed by atoms with Gasteiger partial charge in [-0.25, -0.2) is 4.79 Å². The van der Waals surface area contributed by atoms with Crippen molar-refractivity contribution in [3.05, 3.63) is 40.4 Å². The molecule has 0 aromatic heterocycles. The number of benzene rings is 1. The van der Waals surface area contributed by atoms with Crippen LogP contribution in [0.1, 0.15) is 38.3 Å². The molecule has 0 N–H and O–H groups in total. The Hall–Kier alpha value is -1.48. The van der Waals surface area contributed by atoms with Crippen LogP contribution in [0.25, 0.3) is 5.57 Å². The molecule has 1 aliphatic rings. The first kappa shape index (κ1) is 15.9. The van der Waals surface area contributed by atoms with Crippen molar-refractivity contribution in [1.29, 1.82) is 0 Å². The molecule has 0 aliphatic carbocycles. The van der Waals surface area contributed by atoms with Crippen LogP contribution in [0.5, 0.6) is 0 Å². The van der Waals surface area contributed by atoms with E-state index in [1.54, 1.807) is 4.90 Å². The Morgan fingerprint density at radius 1 is 1.33 bits per heavy atom. The number of hydrogen-bond acceptors (Lipinski definition) is 2. The molecular weight excluding hydrogens is 286 g/mol. The molecule has 1 heterocycles. The third-order valence-corrected chi connectivity index (χ3v) is 3.81. The molecular formula is C17H22ClNO2. The van der Waals surface area contributed by atoms with Gasteiger partial charge in [-0.05, 0) is 56.9 Å². The molecule has 0 atom stereocenters. The fraction of sp³-hybridized carbons (Fsp3) is 0.471. The number of carbonyl (C=O) groups excluding carboxylic acids is 1. The molecule has 0 radical (unpaired) electrons. The highest BCUT2D eigenvalue weighted by Gasteiger charge is 2.23. The van der Waals surface area contributed by atoms with E-state index in [4.69, 9.17) is 16.3 Å². The normalized spacial score (nSPS) is 15.7. The van der Waals surface area contributed by atoms with Gasteiger partial charge in [-0.15, -0.1) is 0 Å². The Morgan fingerprint density at radius 2 is 2.05 bits per heavy atom. The van der Waals surface area contributed by atoms with E-state index in [-0.39, 0.29) is 6.09 Å². The highest BCUT2D eigenvalue weighted by atomic mass is 35.5. The first-order valence-electron chi connectivity index (χ1n) is 7.20. The highest BCUT2D eigenvalue weighted by molar-refractivity contribution is 6.31. The van der Waals surface area contributed by atoms with Gasteiger partial charge in [0.15, 0.2) is 0 Å². The van der Waals surface area contributed by atoms with Gasteiger partial charge in [-0.1, -0.05) is 29.8 Å². The quantitative estimate of drug-likeness (QED) is 0.754. The Kier molecular flexibility index (Phi) is 4.62. The molecule has 114 valence electrons. The minimum Gasteiger partial charge on any atom is -0.444 e. The van der Waals surface area contributed by atoms with Gasteiger partial charge < -0.3 is 9.64 Å². The second-order valence-corrected chi connectivity index (χ2v) is 6.78. The topological polar surface area (TPSA) is 29.5 Å². The smallest absolute Gasteiger partial charge is 0.410 e. The number of ether oxygens (including phenoxy) is 1. The highest BCUT2D eigenvalue weighted by Crippen LogP contribution is 2.26. The monoisotopic (exact) mass is 307 g/mol. The van der Waals surface area contributed by atoms with Crippen molar-refractivity contribution < 1.29 is 9.53 Å². The lowest BCUT2D eigenvalue weighted by Gasteiger charge is -2.29. The molecule has 1 aromatic carbocycles. The second kappa shape index (κ2) is 6.10. The average molecular weight is 308 g/mol. The van der Waals surface area contributed by atoms with E-state index in [0.29, 0.717) is 13.1 Å². The summed E-state index contributed by atoms with van der Waals surface area (Å²) in [5, 5.41) is 0.783. The van der Waals surface area contributed by atoms with Gasteiger partial charge >= 0.3 is 6.09 Å². The molecule has 0 fully saturated rings. The zero-order valence-corrected chi connectivity index (χ0v) is 13.8. The zero-order chi connectivity index (χ0) is 15.6. The van der Waals surface area contributed by atoms with Crippen molar-refractivity contribution in [1.82, 2.24) is 4.90 Å². The lowest BCUT2D eigenvalue weighted by atomic mass is 9.98. The lowest BCUT2D eigenvalue weighted by molar-refractivity contribution is 0.0270. The van der Waals surface area contributed by atoms with Gasteiger partial charge in [0.1, 0.15) is 5.60 Å². The standard InChI is InChI=1S/C17H22ClNO2/c1-12-11-14(5-6-15(12)18)13-7-9-19(10-8-13)16(20)21-17(2,3)4/h5-7,11H,8-10H2,1-4H3. The van der Waals surface area contributed by atoms with Gasteiger partial charge in [-0.3, -0.25) is 0 Å². The molecule has 2 rings (SSSR count). The Morgan fingerprint density at radius 3 is 2.57 bits per heavy atom. The van der Waals surface area contributed by atoms with Crippen LogP contribution in [0.2, 0.25) is 5.02 Å². The van der Waals surface area contributed by atoms with Crippen LogP contribution < -0.4 is 0 Å². The summed E-state index contributed by atoms with van der Waals surface area (Å²) in [5.74, 6) is 0. The number of amides is 1. The van der Waals surface area contributed by atoms with Gasteiger partial charge in [0.05, 0.1) is 0 Å². The summed E-state index contributed by atoms with van der Waals surface area (Å²) >= 11 is 6.06. The molecule has 0 unspecified atom stereocenters. The summed E-state index contributed by atoms with van der Waals surface area (Å²) in [5.41, 5.74) is 3.06. The van der Waals surface area contributed by atoms with Gasteiger partial charge in [-0.2, -0.15) is 0 Å². The molecule has 0 saturated heterocycles. The van der Waals surface area contributed by atoms with Crippen LogP contribution in [-0.4, -0.2) is 29.7 Å². The summed E-state index contributed by atoms with van der Waals surface area (Å²) in [6.07, 6.45) is 2.68. The maximum atomic E-state index is 12.0. The summed E-state index contributed by atoms with van der Waals surface area (Å²) in [4.78, 5) is 13.7. The molecule has 1 amide bonds. The maximum absolute atomic E-state index is 12.0. The van der Waals surface area contributed by atoms with E-state index in [0.717, 1.165) is 17.0 Å². The van der Waals surface area contributed by atoms with Crippen molar-refractivity contribution in [3.8, 4) is 0 Å². The fourth-order valence-corrected chi connectivity index (χ4v) is 2.39. The Labute approximate surface area is 131 Å². The van der Waals surface area contributed by atoms with Crippen LogP contribution in [0.4, 0.5) is 4.79 Å². The van der Waals surface area contributed by atoms with E-state index in [9.17, 15) is 4.79 Å². The van der Waals surface area contributed by atoms with Crippen molar-refractivity contribution in [2.75, 3.05) is 13.1 Å². The molecule has 4 heteroatoms. The number of hydrogen-bond donors (Lipinski definition) is 0. The predicted molar refractivity (Wildman–Crippen MR) is 86.6 cm³/mol.